The summed E-state index contributed by atoms with van der Waals surface area (Å²) in [6, 6.07) is 14.5. The average Bonchev–Trinajstić information content (AvgIpc) is 2.63. The van der Waals surface area contributed by atoms with Gasteiger partial charge >= 0.3 is 0 Å². The molecular formula is C20H23Cl2FN2. The molecule has 1 aliphatic heterocycles. The van der Waals surface area contributed by atoms with E-state index in [1.165, 1.54) is 18.4 Å². The van der Waals surface area contributed by atoms with Crippen molar-refractivity contribution in [1.29, 1.82) is 0 Å². The van der Waals surface area contributed by atoms with Crippen LogP contribution in [0.15, 0.2) is 48.5 Å². The lowest BCUT2D eigenvalue weighted by Crippen LogP contribution is -2.38. The zero-order chi connectivity index (χ0) is 17.6. The predicted molar refractivity (Wildman–Crippen MR) is 104 cm³/mol. The Morgan fingerprint density at radius 2 is 1.72 bits per heavy atom. The van der Waals surface area contributed by atoms with Gasteiger partial charge in [0.1, 0.15) is 5.82 Å². The van der Waals surface area contributed by atoms with E-state index < -0.39 is 0 Å². The summed E-state index contributed by atoms with van der Waals surface area (Å²) in [4.78, 5) is 2.45. The van der Waals surface area contributed by atoms with Gasteiger partial charge < -0.3 is 4.90 Å². The lowest BCUT2D eigenvalue weighted by molar-refractivity contribution is 0.189. The molecule has 0 bridgehead atoms. The van der Waals surface area contributed by atoms with E-state index in [-0.39, 0.29) is 5.82 Å². The van der Waals surface area contributed by atoms with Gasteiger partial charge in [-0.1, -0.05) is 35.9 Å². The normalized spacial score (nSPS) is 16.1. The molecule has 1 heterocycles. The third-order valence-corrected chi connectivity index (χ3v) is 5.54. The first-order valence-electron chi connectivity index (χ1n) is 8.76. The maximum atomic E-state index is 13.0. The van der Waals surface area contributed by atoms with Gasteiger partial charge in [0, 0.05) is 24.9 Å². The first-order chi connectivity index (χ1) is 12.1. The molecule has 0 radical (unpaired) electrons. The Labute approximate surface area is 159 Å². The Kier molecular flexibility index (Phi) is 6.57. The van der Waals surface area contributed by atoms with Gasteiger partial charge in [-0.15, -0.1) is 0 Å². The number of anilines is 1. The summed E-state index contributed by atoms with van der Waals surface area (Å²) in [5, 5.41) is 0.676. The lowest BCUT2D eigenvalue weighted by Gasteiger charge is -2.33. The van der Waals surface area contributed by atoms with Crippen LogP contribution in [-0.4, -0.2) is 31.1 Å². The Hall–Kier alpha value is -1.29. The van der Waals surface area contributed by atoms with Crippen molar-refractivity contribution in [1.82, 2.24) is 4.90 Å². The van der Waals surface area contributed by atoms with Crippen molar-refractivity contribution >= 4 is 29.1 Å². The van der Waals surface area contributed by atoms with E-state index in [0.29, 0.717) is 10.9 Å². The molecule has 0 amide bonds. The third-order valence-electron chi connectivity index (χ3n) is 4.87. The molecule has 2 nitrogen and oxygen atoms in total. The summed E-state index contributed by atoms with van der Waals surface area (Å²) < 4.78 is 14.7. The fraction of sp³-hybridized carbons (Fsp3) is 0.400. The second kappa shape index (κ2) is 8.88. The van der Waals surface area contributed by atoms with Crippen molar-refractivity contribution in [2.75, 3.05) is 30.6 Å². The Morgan fingerprint density at radius 1 is 1.04 bits per heavy atom. The molecule has 134 valence electrons. The fourth-order valence-corrected chi connectivity index (χ4v) is 3.87. The Bertz CT molecular complexity index is 670. The van der Waals surface area contributed by atoms with Gasteiger partial charge in [0.05, 0.1) is 10.7 Å². The van der Waals surface area contributed by atoms with Crippen molar-refractivity contribution in [2.24, 2.45) is 5.92 Å². The van der Waals surface area contributed by atoms with Gasteiger partial charge in [0.2, 0.25) is 0 Å². The molecular weight excluding hydrogens is 358 g/mol. The molecule has 5 heteroatoms. The van der Waals surface area contributed by atoms with Gasteiger partial charge in [-0.3, -0.25) is 4.42 Å². The van der Waals surface area contributed by atoms with Crippen molar-refractivity contribution in [3.05, 3.63) is 64.9 Å². The van der Waals surface area contributed by atoms with Crippen LogP contribution in [0.25, 0.3) is 0 Å². The quantitative estimate of drug-likeness (QED) is 0.619. The minimum atomic E-state index is -0.164. The molecule has 0 aliphatic carbocycles. The number of hydrogen-bond donors (Lipinski definition) is 0. The number of likely N-dealkylation sites (tertiary alicyclic amines) is 1. The van der Waals surface area contributed by atoms with E-state index >= 15 is 0 Å². The van der Waals surface area contributed by atoms with E-state index in [4.69, 9.17) is 23.4 Å². The van der Waals surface area contributed by atoms with E-state index in [2.05, 4.69) is 4.90 Å². The zero-order valence-electron chi connectivity index (χ0n) is 14.2. The standard InChI is InChI=1S/C20H23Cl2FN2/c21-19-3-1-2-4-20(19)25(22)14-13-24-11-9-17(10-12-24)15-16-5-7-18(23)8-6-16/h1-8,17H,9-15H2. The molecule has 2 aromatic carbocycles. The monoisotopic (exact) mass is 380 g/mol. The lowest BCUT2D eigenvalue weighted by atomic mass is 9.90. The number of rotatable bonds is 6. The highest BCUT2D eigenvalue weighted by Crippen LogP contribution is 2.27. The van der Waals surface area contributed by atoms with Crippen molar-refractivity contribution in [2.45, 2.75) is 19.3 Å². The van der Waals surface area contributed by atoms with Crippen LogP contribution in [-0.2, 0) is 6.42 Å². The van der Waals surface area contributed by atoms with Crippen LogP contribution in [0.4, 0.5) is 10.1 Å². The molecule has 3 rings (SSSR count). The third kappa shape index (κ3) is 5.34. The number of halogens is 3. The van der Waals surface area contributed by atoms with E-state index in [9.17, 15) is 4.39 Å². The maximum Gasteiger partial charge on any atom is 0.123 e. The molecule has 0 unspecified atom stereocenters. The first-order valence-corrected chi connectivity index (χ1v) is 9.48. The van der Waals surface area contributed by atoms with Crippen LogP contribution in [0.1, 0.15) is 18.4 Å². The number of piperidine rings is 1. The second-order valence-electron chi connectivity index (χ2n) is 6.65. The van der Waals surface area contributed by atoms with Crippen molar-refractivity contribution < 1.29 is 4.39 Å². The SMILES string of the molecule is Fc1ccc(CC2CCN(CCN(Cl)c3ccccc3Cl)CC2)cc1. The highest BCUT2D eigenvalue weighted by Gasteiger charge is 2.20. The molecule has 1 fully saturated rings. The topological polar surface area (TPSA) is 6.48 Å². The predicted octanol–water partition coefficient (Wildman–Crippen LogP) is 5.39. The maximum absolute atomic E-state index is 13.0. The molecule has 0 aromatic heterocycles. The number of benzene rings is 2. The first kappa shape index (κ1) is 18.5. The van der Waals surface area contributed by atoms with E-state index in [1.54, 1.807) is 16.6 Å². The van der Waals surface area contributed by atoms with E-state index in [1.807, 2.05) is 36.4 Å². The van der Waals surface area contributed by atoms with Crippen LogP contribution in [0.5, 0.6) is 0 Å². The molecule has 0 saturated carbocycles. The van der Waals surface area contributed by atoms with Crippen LogP contribution in [0, 0.1) is 11.7 Å². The minimum absolute atomic E-state index is 0.164. The van der Waals surface area contributed by atoms with Crippen LogP contribution >= 0.6 is 23.4 Å². The number of hydrogen-bond acceptors (Lipinski definition) is 2. The minimum Gasteiger partial charge on any atom is -0.302 e. The molecule has 25 heavy (non-hydrogen) atoms. The molecule has 0 spiro atoms. The van der Waals surface area contributed by atoms with E-state index in [0.717, 1.165) is 38.3 Å². The highest BCUT2D eigenvalue weighted by atomic mass is 35.5. The summed E-state index contributed by atoms with van der Waals surface area (Å²) in [6.07, 6.45) is 3.38. The molecule has 1 saturated heterocycles. The summed E-state index contributed by atoms with van der Waals surface area (Å²) in [5.41, 5.74) is 2.09. The molecule has 0 N–H and O–H groups in total. The summed E-state index contributed by atoms with van der Waals surface area (Å²) in [6.45, 7) is 3.84. The van der Waals surface area contributed by atoms with Gasteiger partial charge in [0.25, 0.3) is 0 Å². The largest absolute Gasteiger partial charge is 0.302 e. The average molecular weight is 381 g/mol. The zero-order valence-corrected chi connectivity index (χ0v) is 15.7. The van der Waals surface area contributed by atoms with Gasteiger partial charge in [-0.05, 0) is 68.1 Å². The molecule has 2 aromatic rings. The van der Waals surface area contributed by atoms with Crippen LogP contribution in [0.2, 0.25) is 5.02 Å². The molecule has 1 aliphatic rings. The fourth-order valence-electron chi connectivity index (χ4n) is 3.37. The molecule has 0 atom stereocenters. The highest BCUT2D eigenvalue weighted by molar-refractivity contribution is 6.36. The summed E-state index contributed by atoms with van der Waals surface area (Å²) in [7, 11) is 0. The van der Waals surface area contributed by atoms with Crippen molar-refractivity contribution in [3.63, 3.8) is 0 Å². The van der Waals surface area contributed by atoms with Gasteiger partial charge in [-0.25, -0.2) is 4.39 Å². The van der Waals surface area contributed by atoms with Crippen molar-refractivity contribution in [3.8, 4) is 0 Å². The number of para-hydroxylation sites is 1. The second-order valence-corrected chi connectivity index (χ2v) is 7.47. The number of nitrogens with zero attached hydrogens (tertiary/aromatic N) is 2. The van der Waals surface area contributed by atoms with Gasteiger partial charge in [0.15, 0.2) is 0 Å². The van der Waals surface area contributed by atoms with Crippen LogP contribution < -0.4 is 4.42 Å². The Morgan fingerprint density at radius 3 is 2.40 bits per heavy atom. The summed E-state index contributed by atoms with van der Waals surface area (Å²) >= 11 is 12.6. The smallest absolute Gasteiger partial charge is 0.123 e. The Balaban J connectivity index is 1.42. The van der Waals surface area contributed by atoms with Crippen LogP contribution in [0.3, 0.4) is 0 Å². The van der Waals surface area contributed by atoms with Gasteiger partial charge in [-0.2, -0.15) is 0 Å². The summed E-state index contributed by atoms with van der Waals surface area (Å²) in [5.74, 6) is 0.514.